The zero-order valence-electron chi connectivity index (χ0n) is 19.5. The van der Waals surface area contributed by atoms with E-state index in [1.54, 1.807) is 19.1 Å². The first-order valence-corrected chi connectivity index (χ1v) is 11.7. The van der Waals surface area contributed by atoms with Crippen molar-refractivity contribution in [2.45, 2.75) is 63.6 Å². The quantitative estimate of drug-likeness (QED) is 0.227. The summed E-state index contributed by atoms with van der Waals surface area (Å²) in [5.74, 6) is -1.77. The Balaban J connectivity index is 1.72. The van der Waals surface area contributed by atoms with Crippen LogP contribution in [-0.4, -0.2) is 76.8 Å². The van der Waals surface area contributed by atoms with E-state index in [0.29, 0.717) is 50.9 Å². The van der Waals surface area contributed by atoms with E-state index in [4.69, 9.17) is 16.2 Å². The predicted molar refractivity (Wildman–Crippen MR) is 126 cm³/mol. The molecule has 34 heavy (non-hydrogen) atoms. The predicted octanol–water partition coefficient (Wildman–Crippen LogP) is 0.500. The standard InChI is InChI=1S/C23H34N6O5/c1-2-34-22(33)18(12-9-15-7-10-16(11-8-15)26-23(24)25)27-17-5-3-13-28-14-4-6-19(21(31)32)29(28)20(17)30/h7-8,10-11,17-19,27H,2-6,9,12-14H2,1H3,(H,31,32)(H4,24,25,26)/t17-,18-,19-/m0/s1. The van der Waals surface area contributed by atoms with Crippen molar-refractivity contribution in [3.05, 3.63) is 29.8 Å². The lowest BCUT2D eigenvalue weighted by Gasteiger charge is -2.42. The van der Waals surface area contributed by atoms with E-state index in [1.807, 2.05) is 17.1 Å². The summed E-state index contributed by atoms with van der Waals surface area (Å²) in [6.45, 7) is 3.22. The van der Waals surface area contributed by atoms with Gasteiger partial charge in [0.05, 0.1) is 18.3 Å². The van der Waals surface area contributed by atoms with Crippen LogP contribution in [-0.2, 0) is 25.5 Å². The Kier molecular flexibility index (Phi) is 8.83. The van der Waals surface area contributed by atoms with E-state index in [-0.39, 0.29) is 18.5 Å². The topological polar surface area (TPSA) is 164 Å². The van der Waals surface area contributed by atoms with E-state index in [0.717, 1.165) is 12.0 Å². The zero-order chi connectivity index (χ0) is 24.7. The van der Waals surface area contributed by atoms with Gasteiger partial charge >= 0.3 is 11.9 Å². The van der Waals surface area contributed by atoms with Gasteiger partial charge in [-0.25, -0.2) is 14.8 Å². The van der Waals surface area contributed by atoms with Crippen LogP contribution in [0.5, 0.6) is 0 Å². The molecule has 2 fully saturated rings. The smallest absolute Gasteiger partial charge is 0.328 e. The molecule has 2 aliphatic rings. The summed E-state index contributed by atoms with van der Waals surface area (Å²) >= 11 is 0. The maximum Gasteiger partial charge on any atom is 0.328 e. The van der Waals surface area contributed by atoms with Crippen molar-refractivity contribution >= 4 is 29.5 Å². The lowest BCUT2D eigenvalue weighted by Crippen LogP contribution is -2.61. The molecular formula is C23H34N6O5. The van der Waals surface area contributed by atoms with Crippen molar-refractivity contribution in [3.63, 3.8) is 0 Å². The number of carboxylic acid groups (broad SMARTS) is 1. The number of rotatable bonds is 9. The van der Waals surface area contributed by atoms with Crippen LogP contribution in [0.25, 0.3) is 0 Å². The molecule has 1 amide bonds. The molecule has 2 aliphatic heterocycles. The number of aliphatic carboxylic acids is 1. The molecule has 3 atom stereocenters. The number of fused-ring (bicyclic) bond motifs is 1. The van der Waals surface area contributed by atoms with Crippen molar-refractivity contribution in [1.82, 2.24) is 15.3 Å². The highest BCUT2D eigenvalue weighted by Crippen LogP contribution is 2.24. The number of hydrazine groups is 1. The molecule has 11 heteroatoms. The average molecular weight is 475 g/mol. The third kappa shape index (κ3) is 6.45. The van der Waals surface area contributed by atoms with Gasteiger partial charge in [-0.1, -0.05) is 12.1 Å². The number of nitrogens with one attached hydrogen (secondary N) is 1. The number of aliphatic imine (C=N–C) groups is 1. The zero-order valence-corrected chi connectivity index (χ0v) is 19.5. The van der Waals surface area contributed by atoms with E-state index >= 15 is 0 Å². The molecule has 0 spiro atoms. The lowest BCUT2D eigenvalue weighted by atomic mass is 10.0. The molecule has 0 aliphatic carbocycles. The van der Waals surface area contributed by atoms with Gasteiger partial charge in [-0.15, -0.1) is 0 Å². The molecule has 1 aromatic carbocycles. The maximum absolute atomic E-state index is 13.4. The number of guanidine groups is 1. The fraction of sp³-hybridized carbons (Fsp3) is 0.565. The molecule has 11 nitrogen and oxygen atoms in total. The van der Waals surface area contributed by atoms with Crippen LogP contribution in [0.3, 0.4) is 0 Å². The molecule has 3 rings (SSSR count). The first-order valence-electron chi connectivity index (χ1n) is 11.7. The van der Waals surface area contributed by atoms with E-state index in [9.17, 15) is 19.5 Å². The molecule has 6 N–H and O–H groups in total. The number of ether oxygens (including phenoxy) is 1. The number of esters is 1. The Bertz CT molecular complexity index is 902. The van der Waals surface area contributed by atoms with Gasteiger partial charge < -0.3 is 21.3 Å². The molecule has 1 aromatic rings. The van der Waals surface area contributed by atoms with Gasteiger partial charge in [0.25, 0.3) is 5.91 Å². The molecule has 0 aromatic heterocycles. The van der Waals surface area contributed by atoms with Gasteiger partial charge in [0.1, 0.15) is 12.1 Å². The Morgan fingerprint density at radius 3 is 2.50 bits per heavy atom. The van der Waals surface area contributed by atoms with Crippen molar-refractivity contribution in [3.8, 4) is 0 Å². The highest BCUT2D eigenvalue weighted by atomic mass is 16.5. The maximum atomic E-state index is 13.4. The van der Waals surface area contributed by atoms with Crippen molar-refractivity contribution in [2.75, 3.05) is 19.7 Å². The number of aryl methyl sites for hydroxylation is 1. The lowest BCUT2D eigenvalue weighted by molar-refractivity contribution is -0.174. The number of hydrogen-bond acceptors (Lipinski definition) is 7. The minimum atomic E-state index is -1.01. The SMILES string of the molecule is CCOC(=O)[C@H](CCc1ccc(N=C(N)N)cc1)N[C@H]1CCCN2CCC[C@@H](C(=O)O)N2C1=O. The summed E-state index contributed by atoms with van der Waals surface area (Å²) in [7, 11) is 0. The molecule has 186 valence electrons. The van der Waals surface area contributed by atoms with E-state index < -0.39 is 30.1 Å². The van der Waals surface area contributed by atoms with Crippen LogP contribution in [0.4, 0.5) is 5.69 Å². The Hall–Kier alpha value is -3.18. The molecule has 2 saturated heterocycles. The Labute approximate surface area is 199 Å². The third-order valence-electron chi connectivity index (χ3n) is 6.10. The summed E-state index contributed by atoms with van der Waals surface area (Å²) in [6.07, 6.45) is 3.35. The number of nitrogens with zero attached hydrogens (tertiary/aromatic N) is 3. The molecule has 2 heterocycles. The largest absolute Gasteiger partial charge is 0.480 e. The van der Waals surface area contributed by atoms with Crippen molar-refractivity contribution in [2.24, 2.45) is 16.5 Å². The van der Waals surface area contributed by atoms with Crippen molar-refractivity contribution < 1.29 is 24.2 Å². The Morgan fingerprint density at radius 1 is 1.21 bits per heavy atom. The van der Waals surface area contributed by atoms with Crippen molar-refractivity contribution in [1.29, 1.82) is 0 Å². The van der Waals surface area contributed by atoms with Crippen LogP contribution < -0.4 is 16.8 Å². The molecule has 0 saturated carbocycles. The van der Waals surface area contributed by atoms with E-state index in [2.05, 4.69) is 10.3 Å². The molecule has 0 radical (unpaired) electrons. The van der Waals surface area contributed by atoms with Crippen LogP contribution in [0.15, 0.2) is 29.3 Å². The molecular weight excluding hydrogens is 440 g/mol. The monoisotopic (exact) mass is 474 g/mol. The van der Waals surface area contributed by atoms with Crippen LogP contribution in [0.1, 0.15) is 44.6 Å². The van der Waals surface area contributed by atoms with Gasteiger partial charge in [0, 0.05) is 13.1 Å². The number of carbonyl (C=O) groups is 3. The van der Waals surface area contributed by atoms with Crippen LogP contribution in [0, 0.1) is 0 Å². The Morgan fingerprint density at radius 2 is 1.88 bits per heavy atom. The summed E-state index contributed by atoms with van der Waals surface area (Å²) in [4.78, 5) is 41.9. The second-order valence-electron chi connectivity index (χ2n) is 8.54. The van der Waals surface area contributed by atoms with Crippen LogP contribution >= 0.6 is 0 Å². The summed E-state index contributed by atoms with van der Waals surface area (Å²) in [5, 5.41) is 16.1. The van der Waals surface area contributed by atoms with Gasteiger partial charge in [-0.3, -0.25) is 19.9 Å². The average Bonchev–Trinajstić information content (AvgIpc) is 2.95. The van der Waals surface area contributed by atoms with Gasteiger partial charge in [-0.2, -0.15) is 0 Å². The fourth-order valence-corrected chi connectivity index (χ4v) is 4.50. The number of carboxylic acids is 1. The molecule has 0 bridgehead atoms. The summed E-state index contributed by atoms with van der Waals surface area (Å²) in [6, 6.07) is 5.08. The number of benzene rings is 1. The molecule has 0 unspecified atom stereocenters. The number of hydrogen-bond donors (Lipinski definition) is 4. The van der Waals surface area contributed by atoms with Gasteiger partial charge in [-0.05, 0) is 63.1 Å². The minimum Gasteiger partial charge on any atom is -0.480 e. The highest BCUT2D eigenvalue weighted by molar-refractivity contribution is 5.88. The second kappa shape index (κ2) is 11.8. The number of nitrogens with two attached hydrogens (primary N) is 2. The second-order valence-corrected chi connectivity index (χ2v) is 8.54. The third-order valence-corrected chi connectivity index (χ3v) is 6.10. The van der Waals surface area contributed by atoms with Gasteiger partial charge in [0.15, 0.2) is 5.96 Å². The highest BCUT2D eigenvalue weighted by Gasteiger charge is 2.42. The van der Waals surface area contributed by atoms with Crippen LogP contribution in [0.2, 0.25) is 0 Å². The summed E-state index contributed by atoms with van der Waals surface area (Å²) < 4.78 is 5.25. The number of carbonyl (C=O) groups excluding carboxylic acids is 2. The first-order chi connectivity index (χ1) is 16.3. The minimum absolute atomic E-state index is 0.0233. The normalized spacial score (nSPS) is 21.8. The summed E-state index contributed by atoms with van der Waals surface area (Å²) in [5.41, 5.74) is 12.4. The van der Waals surface area contributed by atoms with Gasteiger partial charge in [0.2, 0.25) is 0 Å². The number of amides is 1. The first kappa shape index (κ1) is 25.4. The van der Waals surface area contributed by atoms with E-state index in [1.165, 1.54) is 5.01 Å². The fourth-order valence-electron chi connectivity index (χ4n) is 4.50.